The first-order chi connectivity index (χ1) is 9.76. The molecule has 1 aromatic rings. The summed E-state index contributed by atoms with van der Waals surface area (Å²) in [5, 5.41) is 6.41. The van der Waals surface area contributed by atoms with Crippen LogP contribution < -0.4 is 10.6 Å². The predicted octanol–water partition coefficient (Wildman–Crippen LogP) is 1.96. The van der Waals surface area contributed by atoms with E-state index in [1.807, 2.05) is 13.0 Å². The molecule has 0 aliphatic rings. The molecule has 112 valence electrons. The number of benzene rings is 1. The number of hydrogen-bond acceptors (Lipinski definition) is 2. The zero-order chi connectivity index (χ0) is 14.6. The molecule has 0 amide bonds. The summed E-state index contributed by atoms with van der Waals surface area (Å²) in [6.45, 7) is 5.03. The van der Waals surface area contributed by atoms with Crippen LogP contribution in [-0.4, -0.2) is 39.3 Å². The van der Waals surface area contributed by atoms with Crippen LogP contribution >= 0.6 is 0 Å². The average molecular weight is 281 g/mol. The van der Waals surface area contributed by atoms with Crippen LogP contribution in [0.3, 0.4) is 0 Å². The zero-order valence-electron chi connectivity index (χ0n) is 12.3. The molecule has 0 saturated heterocycles. The van der Waals surface area contributed by atoms with E-state index in [1.54, 1.807) is 19.2 Å². The first-order valence-electron chi connectivity index (χ1n) is 7.03. The second-order valence-corrected chi connectivity index (χ2v) is 4.36. The summed E-state index contributed by atoms with van der Waals surface area (Å²) in [7, 11) is 1.74. The maximum Gasteiger partial charge on any atom is 0.190 e. The van der Waals surface area contributed by atoms with Gasteiger partial charge in [0.2, 0.25) is 0 Å². The Morgan fingerprint density at radius 2 is 2.10 bits per heavy atom. The van der Waals surface area contributed by atoms with Gasteiger partial charge in [-0.2, -0.15) is 0 Å². The van der Waals surface area contributed by atoms with Crippen molar-refractivity contribution in [3.8, 4) is 0 Å². The lowest BCUT2D eigenvalue weighted by Gasteiger charge is -2.11. The molecule has 0 atom stereocenters. The van der Waals surface area contributed by atoms with Gasteiger partial charge in [-0.1, -0.05) is 12.1 Å². The van der Waals surface area contributed by atoms with E-state index in [0.29, 0.717) is 6.54 Å². The summed E-state index contributed by atoms with van der Waals surface area (Å²) in [6.07, 6.45) is 1.70. The molecule has 2 N–H and O–H groups in total. The molecule has 0 bridgehead atoms. The fourth-order valence-electron chi connectivity index (χ4n) is 1.76. The lowest BCUT2D eigenvalue weighted by molar-refractivity contribution is 0.145. The number of halogens is 1. The third-order valence-electron chi connectivity index (χ3n) is 2.78. The second kappa shape index (κ2) is 10.2. The summed E-state index contributed by atoms with van der Waals surface area (Å²) in [6, 6.07) is 6.66. The van der Waals surface area contributed by atoms with Crippen LogP contribution in [0.25, 0.3) is 0 Å². The maximum atomic E-state index is 13.0. The molecule has 20 heavy (non-hydrogen) atoms. The molecule has 0 radical (unpaired) electrons. The Bertz CT molecular complexity index is 410. The minimum absolute atomic E-state index is 0.194. The number of ether oxygens (including phenoxy) is 1. The fraction of sp³-hybridized carbons (Fsp3) is 0.533. The second-order valence-electron chi connectivity index (χ2n) is 4.36. The van der Waals surface area contributed by atoms with Gasteiger partial charge < -0.3 is 15.4 Å². The minimum atomic E-state index is -0.194. The largest absolute Gasteiger partial charge is 0.382 e. The highest BCUT2D eigenvalue weighted by Crippen LogP contribution is 2.03. The van der Waals surface area contributed by atoms with Gasteiger partial charge in [0.25, 0.3) is 0 Å². The van der Waals surface area contributed by atoms with Crippen molar-refractivity contribution in [3.05, 3.63) is 35.6 Å². The normalized spacial score (nSPS) is 11.4. The van der Waals surface area contributed by atoms with Crippen LogP contribution in [0.15, 0.2) is 29.3 Å². The summed E-state index contributed by atoms with van der Waals surface area (Å²) < 4.78 is 18.3. The number of nitrogens with one attached hydrogen (secondary N) is 2. The fourth-order valence-corrected chi connectivity index (χ4v) is 1.76. The maximum absolute atomic E-state index is 13.0. The van der Waals surface area contributed by atoms with Crippen LogP contribution in [0, 0.1) is 5.82 Å². The van der Waals surface area contributed by atoms with Gasteiger partial charge >= 0.3 is 0 Å². The van der Waals surface area contributed by atoms with Crippen molar-refractivity contribution in [1.29, 1.82) is 0 Å². The molecule has 1 aromatic carbocycles. The van der Waals surface area contributed by atoms with E-state index in [1.165, 1.54) is 6.07 Å². The molecule has 0 heterocycles. The summed E-state index contributed by atoms with van der Waals surface area (Å²) in [5.74, 6) is 0.568. The molecule has 1 rings (SSSR count). The number of aliphatic imine (C=N–C) groups is 1. The van der Waals surface area contributed by atoms with Gasteiger partial charge in [0.05, 0.1) is 0 Å². The standard InChI is InChI=1S/C15H24FN3O/c1-3-20-11-5-9-18-15(17-2)19-10-8-13-6-4-7-14(16)12-13/h4,6-7,12H,3,5,8-11H2,1-2H3,(H2,17,18,19). The summed E-state index contributed by atoms with van der Waals surface area (Å²) in [5.41, 5.74) is 0.976. The summed E-state index contributed by atoms with van der Waals surface area (Å²) in [4.78, 5) is 4.13. The molecular weight excluding hydrogens is 257 g/mol. The lowest BCUT2D eigenvalue weighted by atomic mass is 10.1. The summed E-state index contributed by atoms with van der Waals surface area (Å²) >= 11 is 0. The molecule has 0 aliphatic heterocycles. The minimum Gasteiger partial charge on any atom is -0.382 e. The highest BCUT2D eigenvalue weighted by Gasteiger charge is 1.98. The van der Waals surface area contributed by atoms with Gasteiger partial charge in [-0.15, -0.1) is 0 Å². The van der Waals surface area contributed by atoms with Crippen molar-refractivity contribution in [3.63, 3.8) is 0 Å². The first-order valence-corrected chi connectivity index (χ1v) is 7.03. The Hall–Kier alpha value is -1.62. The Morgan fingerprint density at radius 3 is 2.80 bits per heavy atom. The highest BCUT2D eigenvalue weighted by atomic mass is 19.1. The van der Waals surface area contributed by atoms with E-state index in [4.69, 9.17) is 4.74 Å². The van der Waals surface area contributed by atoms with Gasteiger partial charge in [0, 0.05) is 33.4 Å². The molecule has 4 nitrogen and oxygen atoms in total. The quantitative estimate of drug-likeness (QED) is 0.435. The van der Waals surface area contributed by atoms with E-state index >= 15 is 0 Å². The molecule has 0 unspecified atom stereocenters. The van der Waals surface area contributed by atoms with Gasteiger partial charge in [-0.3, -0.25) is 4.99 Å². The Kier molecular flexibility index (Phi) is 8.38. The highest BCUT2D eigenvalue weighted by molar-refractivity contribution is 5.79. The molecule has 5 heteroatoms. The van der Waals surface area contributed by atoms with Crippen molar-refractivity contribution in [2.45, 2.75) is 19.8 Å². The number of guanidine groups is 1. The van der Waals surface area contributed by atoms with E-state index in [9.17, 15) is 4.39 Å². The lowest BCUT2D eigenvalue weighted by Crippen LogP contribution is -2.39. The van der Waals surface area contributed by atoms with Gasteiger partial charge in [0.15, 0.2) is 5.96 Å². The van der Waals surface area contributed by atoms with Crippen molar-refractivity contribution in [1.82, 2.24) is 10.6 Å². The van der Waals surface area contributed by atoms with Crippen LogP contribution in [0.1, 0.15) is 18.9 Å². The van der Waals surface area contributed by atoms with E-state index < -0.39 is 0 Å². The molecular formula is C15H24FN3O. The molecule has 0 fully saturated rings. The van der Waals surface area contributed by atoms with Crippen molar-refractivity contribution in [2.24, 2.45) is 4.99 Å². The number of hydrogen-bond donors (Lipinski definition) is 2. The zero-order valence-corrected chi connectivity index (χ0v) is 12.3. The van der Waals surface area contributed by atoms with E-state index in [-0.39, 0.29) is 5.82 Å². The predicted molar refractivity (Wildman–Crippen MR) is 80.6 cm³/mol. The third-order valence-corrected chi connectivity index (χ3v) is 2.78. The average Bonchev–Trinajstić information content (AvgIpc) is 2.45. The molecule has 0 spiro atoms. The van der Waals surface area contributed by atoms with Crippen LogP contribution in [0.5, 0.6) is 0 Å². The topological polar surface area (TPSA) is 45.6 Å². The van der Waals surface area contributed by atoms with Gasteiger partial charge in [-0.05, 0) is 37.5 Å². The smallest absolute Gasteiger partial charge is 0.190 e. The molecule has 0 aliphatic carbocycles. The Labute approximate surface area is 120 Å². The van der Waals surface area contributed by atoms with Crippen LogP contribution in [-0.2, 0) is 11.2 Å². The van der Waals surface area contributed by atoms with Crippen LogP contribution in [0.2, 0.25) is 0 Å². The Balaban J connectivity index is 2.18. The number of rotatable bonds is 8. The van der Waals surface area contributed by atoms with E-state index in [2.05, 4.69) is 15.6 Å². The first kappa shape index (κ1) is 16.4. The van der Waals surface area contributed by atoms with Crippen LogP contribution in [0.4, 0.5) is 4.39 Å². The SMILES string of the molecule is CCOCCCNC(=NC)NCCc1cccc(F)c1. The number of nitrogens with zero attached hydrogens (tertiary/aromatic N) is 1. The van der Waals surface area contributed by atoms with Gasteiger partial charge in [0.1, 0.15) is 5.82 Å². The monoisotopic (exact) mass is 281 g/mol. The molecule has 0 saturated carbocycles. The van der Waals surface area contributed by atoms with Crippen molar-refractivity contribution >= 4 is 5.96 Å². The molecule has 0 aromatic heterocycles. The van der Waals surface area contributed by atoms with E-state index in [0.717, 1.165) is 44.1 Å². The van der Waals surface area contributed by atoms with Gasteiger partial charge in [-0.25, -0.2) is 4.39 Å². The Morgan fingerprint density at radius 1 is 1.30 bits per heavy atom. The van der Waals surface area contributed by atoms with Crippen molar-refractivity contribution < 1.29 is 9.13 Å². The third kappa shape index (κ3) is 7.09. The van der Waals surface area contributed by atoms with Crippen molar-refractivity contribution in [2.75, 3.05) is 33.4 Å².